The summed E-state index contributed by atoms with van der Waals surface area (Å²) in [4.78, 5) is 12.3. The molecule has 0 aliphatic carbocycles. The molecule has 4 nitrogen and oxygen atoms in total. The van der Waals surface area contributed by atoms with Crippen molar-refractivity contribution in [2.45, 2.75) is 32.8 Å². The third kappa shape index (κ3) is 6.26. The van der Waals surface area contributed by atoms with Crippen LogP contribution in [0.5, 0.6) is 5.75 Å². The molecule has 1 aliphatic heterocycles. The van der Waals surface area contributed by atoms with Crippen molar-refractivity contribution in [3.63, 3.8) is 0 Å². The number of piperidine rings is 1. The Hall–Kier alpha value is -2.04. The van der Waals surface area contributed by atoms with E-state index < -0.39 is 0 Å². The topological polar surface area (TPSA) is 50.4 Å². The van der Waals surface area contributed by atoms with Gasteiger partial charge in [-0.05, 0) is 66.7 Å². The van der Waals surface area contributed by atoms with Crippen LogP contribution in [0.1, 0.15) is 30.9 Å². The van der Waals surface area contributed by atoms with E-state index in [0.29, 0.717) is 18.1 Å². The van der Waals surface area contributed by atoms with Crippen LogP contribution in [-0.2, 0) is 17.8 Å². The summed E-state index contributed by atoms with van der Waals surface area (Å²) < 4.78 is 5.84. The molecule has 0 atom stereocenters. The highest BCUT2D eigenvalue weighted by atomic mass is 35.5. The third-order valence-electron chi connectivity index (χ3n) is 5.08. The fourth-order valence-corrected chi connectivity index (χ4v) is 3.52. The summed E-state index contributed by atoms with van der Waals surface area (Å²) in [7, 11) is 0. The maximum absolute atomic E-state index is 12.3. The second kappa shape index (κ2) is 9.25. The molecule has 3 rings (SSSR count). The molecule has 0 radical (unpaired) electrons. The first-order valence-electron chi connectivity index (χ1n) is 9.46. The summed E-state index contributed by atoms with van der Waals surface area (Å²) >= 11 is 6.00. The molecule has 144 valence electrons. The monoisotopic (exact) mass is 386 g/mol. The molecular weight excluding hydrogens is 360 g/mol. The van der Waals surface area contributed by atoms with Crippen LogP contribution in [0, 0.1) is 5.41 Å². The average molecular weight is 387 g/mol. The first-order chi connectivity index (χ1) is 13.0. The van der Waals surface area contributed by atoms with Gasteiger partial charge in [0.15, 0.2) is 0 Å². The molecule has 27 heavy (non-hydrogen) atoms. The maximum atomic E-state index is 12.3. The minimum atomic E-state index is 0.0572. The Kier molecular flexibility index (Phi) is 6.75. The van der Waals surface area contributed by atoms with Crippen LogP contribution in [0.25, 0.3) is 0 Å². The Morgan fingerprint density at radius 2 is 1.89 bits per heavy atom. The molecular formula is C22H27ClN2O2. The highest BCUT2D eigenvalue weighted by molar-refractivity contribution is 6.30. The Morgan fingerprint density at radius 3 is 2.67 bits per heavy atom. The number of rotatable bonds is 7. The molecule has 1 fully saturated rings. The molecule has 1 amide bonds. The quantitative estimate of drug-likeness (QED) is 0.757. The highest BCUT2D eigenvalue weighted by Crippen LogP contribution is 2.26. The number of amides is 1. The number of benzene rings is 2. The fraction of sp³-hybridized carbons (Fsp3) is 0.409. The number of carbonyl (C=O) groups excluding carboxylic acids is 1. The van der Waals surface area contributed by atoms with Crippen LogP contribution in [0.2, 0.25) is 5.02 Å². The SMILES string of the molecule is CC1(CNC(=O)Cc2cccc(OCc3cccc(Cl)c3)c2)CCNCC1. The lowest BCUT2D eigenvalue weighted by molar-refractivity contribution is -0.121. The van der Waals surface area contributed by atoms with E-state index in [1.165, 1.54) is 0 Å². The zero-order valence-corrected chi connectivity index (χ0v) is 16.5. The van der Waals surface area contributed by atoms with E-state index >= 15 is 0 Å². The standard InChI is InChI=1S/C22H27ClN2O2/c1-22(8-10-24-11-9-22)16-25-21(26)14-17-4-3-7-20(13-17)27-15-18-5-2-6-19(23)12-18/h2-7,12-13,24H,8-11,14-16H2,1H3,(H,25,26). The van der Waals surface area contributed by atoms with Crippen molar-refractivity contribution in [3.8, 4) is 5.75 Å². The predicted molar refractivity (Wildman–Crippen MR) is 109 cm³/mol. The van der Waals surface area contributed by atoms with Gasteiger partial charge in [-0.1, -0.05) is 42.8 Å². The van der Waals surface area contributed by atoms with Gasteiger partial charge in [-0.2, -0.15) is 0 Å². The second-order valence-corrected chi connectivity index (χ2v) is 8.02. The number of ether oxygens (including phenoxy) is 1. The van der Waals surface area contributed by atoms with Crippen LogP contribution < -0.4 is 15.4 Å². The summed E-state index contributed by atoms with van der Waals surface area (Å²) in [6.07, 6.45) is 2.56. The molecule has 0 unspecified atom stereocenters. The number of hydrogen-bond acceptors (Lipinski definition) is 3. The lowest BCUT2D eigenvalue weighted by Gasteiger charge is -2.34. The van der Waals surface area contributed by atoms with E-state index in [1.54, 1.807) is 0 Å². The summed E-state index contributed by atoms with van der Waals surface area (Å²) in [5, 5.41) is 7.17. The van der Waals surface area contributed by atoms with Crippen molar-refractivity contribution < 1.29 is 9.53 Å². The van der Waals surface area contributed by atoms with Gasteiger partial charge in [-0.3, -0.25) is 4.79 Å². The molecule has 0 aromatic heterocycles. The first kappa shape index (κ1) is 19.7. The summed E-state index contributed by atoms with van der Waals surface area (Å²) in [5.41, 5.74) is 2.16. The average Bonchev–Trinajstić information content (AvgIpc) is 2.66. The predicted octanol–water partition coefficient (Wildman–Crippen LogP) is 3.97. The molecule has 0 saturated carbocycles. The highest BCUT2D eigenvalue weighted by Gasteiger charge is 2.26. The summed E-state index contributed by atoms with van der Waals surface area (Å²) in [6.45, 7) is 5.48. The van der Waals surface area contributed by atoms with Gasteiger partial charge in [0.2, 0.25) is 5.91 Å². The van der Waals surface area contributed by atoms with Crippen molar-refractivity contribution in [2.75, 3.05) is 19.6 Å². The molecule has 5 heteroatoms. The van der Waals surface area contributed by atoms with Crippen molar-refractivity contribution in [3.05, 3.63) is 64.7 Å². The van der Waals surface area contributed by atoms with E-state index in [9.17, 15) is 4.79 Å². The smallest absolute Gasteiger partial charge is 0.224 e. The zero-order valence-electron chi connectivity index (χ0n) is 15.8. The van der Waals surface area contributed by atoms with Gasteiger partial charge in [-0.15, -0.1) is 0 Å². The number of hydrogen-bond donors (Lipinski definition) is 2. The van der Waals surface area contributed by atoms with Gasteiger partial charge in [0.25, 0.3) is 0 Å². The van der Waals surface area contributed by atoms with Crippen LogP contribution >= 0.6 is 11.6 Å². The summed E-state index contributed by atoms with van der Waals surface area (Å²) in [6, 6.07) is 15.3. The maximum Gasteiger partial charge on any atom is 0.224 e. The number of halogens is 1. The Balaban J connectivity index is 1.50. The van der Waals surface area contributed by atoms with Gasteiger partial charge >= 0.3 is 0 Å². The zero-order chi connectivity index (χ0) is 19.1. The Labute approximate surface area is 166 Å². The molecule has 0 spiro atoms. The van der Waals surface area contributed by atoms with Crippen LogP contribution in [0.15, 0.2) is 48.5 Å². The minimum absolute atomic E-state index is 0.0572. The molecule has 1 heterocycles. The molecule has 0 bridgehead atoms. The Morgan fingerprint density at radius 1 is 1.15 bits per heavy atom. The van der Waals surface area contributed by atoms with E-state index in [-0.39, 0.29) is 11.3 Å². The van der Waals surface area contributed by atoms with Crippen molar-refractivity contribution in [2.24, 2.45) is 5.41 Å². The first-order valence-corrected chi connectivity index (χ1v) is 9.84. The van der Waals surface area contributed by atoms with Crippen LogP contribution in [0.4, 0.5) is 0 Å². The van der Waals surface area contributed by atoms with E-state index in [4.69, 9.17) is 16.3 Å². The van der Waals surface area contributed by atoms with Crippen molar-refractivity contribution in [1.82, 2.24) is 10.6 Å². The lowest BCUT2D eigenvalue weighted by Crippen LogP contribution is -2.43. The Bertz CT molecular complexity index is 772. The molecule has 1 saturated heterocycles. The normalized spacial score (nSPS) is 15.9. The number of nitrogens with one attached hydrogen (secondary N) is 2. The van der Waals surface area contributed by atoms with E-state index in [2.05, 4.69) is 17.6 Å². The largest absolute Gasteiger partial charge is 0.489 e. The molecule has 2 N–H and O–H groups in total. The van der Waals surface area contributed by atoms with Gasteiger partial charge in [-0.25, -0.2) is 0 Å². The van der Waals surface area contributed by atoms with Gasteiger partial charge in [0.1, 0.15) is 12.4 Å². The molecule has 2 aromatic rings. The third-order valence-corrected chi connectivity index (χ3v) is 5.32. The van der Waals surface area contributed by atoms with Gasteiger partial charge < -0.3 is 15.4 Å². The van der Waals surface area contributed by atoms with Gasteiger partial charge in [0, 0.05) is 11.6 Å². The molecule has 1 aliphatic rings. The fourth-order valence-electron chi connectivity index (χ4n) is 3.31. The van der Waals surface area contributed by atoms with E-state index in [1.807, 2.05) is 48.5 Å². The van der Waals surface area contributed by atoms with Gasteiger partial charge in [0.05, 0.1) is 6.42 Å². The lowest BCUT2D eigenvalue weighted by atomic mass is 9.81. The minimum Gasteiger partial charge on any atom is -0.489 e. The molecule has 2 aromatic carbocycles. The van der Waals surface area contributed by atoms with Crippen molar-refractivity contribution >= 4 is 17.5 Å². The second-order valence-electron chi connectivity index (χ2n) is 7.58. The number of carbonyl (C=O) groups is 1. The van der Waals surface area contributed by atoms with Crippen LogP contribution in [0.3, 0.4) is 0 Å². The van der Waals surface area contributed by atoms with E-state index in [0.717, 1.165) is 49.4 Å². The summed E-state index contributed by atoms with van der Waals surface area (Å²) in [5.74, 6) is 0.812. The van der Waals surface area contributed by atoms with Crippen molar-refractivity contribution in [1.29, 1.82) is 0 Å². The van der Waals surface area contributed by atoms with Crippen LogP contribution in [-0.4, -0.2) is 25.5 Å².